The SMILES string of the molecule is O=C(Nc1ccc(N2CCCc3ccccc32)nn1)c1ccco1. The van der Waals surface area contributed by atoms with Gasteiger partial charge in [-0.1, -0.05) is 18.2 Å². The molecule has 0 radical (unpaired) electrons. The lowest BCUT2D eigenvalue weighted by Crippen LogP contribution is -2.25. The number of aromatic nitrogens is 2. The second-order valence-corrected chi connectivity index (χ2v) is 5.59. The fourth-order valence-corrected chi connectivity index (χ4v) is 2.89. The van der Waals surface area contributed by atoms with Crippen LogP contribution < -0.4 is 10.2 Å². The Bertz CT molecular complexity index is 844. The van der Waals surface area contributed by atoms with E-state index >= 15 is 0 Å². The summed E-state index contributed by atoms with van der Waals surface area (Å²) in [7, 11) is 0. The largest absolute Gasteiger partial charge is 0.459 e. The Labute approximate surface area is 139 Å². The predicted octanol–water partition coefficient (Wildman–Crippen LogP) is 3.41. The van der Waals surface area contributed by atoms with Crippen molar-refractivity contribution in [2.24, 2.45) is 0 Å². The standard InChI is InChI=1S/C18H16N4O2/c23-18(15-8-4-12-24-15)19-16-9-10-17(21-20-16)22-11-3-6-13-5-1-2-7-14(13)22/h1-2,4-5,7-10,12H,3,6,11H2,(H,19,20,23). The molecule has 2 aromatic heterocycles. The Morgan fingerprint density at radius 1 is 1.08 bits per heavy atom. The van der Waals surface area contributed by atoms with Crippen molar-refractivity contribution in [3.63, 3.8) is 0 Å². The van der Waals surface area contributed by atoms with E-state index in [4.69, 9.17) is 4.42 Å². The number of aryl methyl sites for hydroxylation is 1. The van der Waals surface area contributed by atoms with Gasteiger partial charge in [-0.15, -0.1) is 10.2 Å². The van der Waals surface area contributed by atoms with Crippen LogP contribution in [-0.4, -0.2) is 22.6 Å². The molecular formula is C18H16N4O2. The Morgan fingerprint density at radius 3 is 2.79 bits per heavy atom. The van der Waals surface area contributed by atoms with Crippen LogP contribution in [0.15, 0.2) is 59.2 Å². The molecule has 0 atom stereocenters. The highest BCUT2D eigenvalue weighted by Crippen LogP contribution is 2.31. The molecule has 0 saturated carbocycles. The molecule has 1 aromatic carbocycles. The van der Waals surface area contributed by atoms with E-state index in [0.29, 0.717) is 5.82 Å². The van der Waals surface area contributed by atoms with Crippen LogP contribution in [0.1, 0.15) is 22.5 Å². The van der Waals surface area contributed by atoms with Gasteiger partial charge < -0.3 is 14.6 Å². The number of hydrogen-bond acceptors (Lipinski definition) is 5. The lowest BCUT2D eigenvalue weighted by molar-refractivity contribution is 0.0996. The van der Waals surface area contributed by atoms with E-state index < -0.39 is 0 Å². The number of hydrogen-bond donors (Lipinski definition) is 1. The number of carbonyl (C=O) groups excluding carboxylic acids is 1. The zero-order chi connectivity index (χ0) is 16.4. The van der Waals surface area contributed by atoms with Crippen LogP contribution in [0.4, 0.5) is 17.3 Å². The van der Waals surface area contributed by atoms with Crippen LogP contribution >= 0.6 is 0 Å². The van der Waals surface area contributed by atoms with Gasteiger partial charge in [0.05, 0.1) is 6.26 Å². The Morgan fingerprint density at radius 2 is 2.00 bits per heavy atom. The first-order valence-corrected chi connectivity index (χ1v) is 7.85. The normalized spacial score (nSPS) is 13.4. The van der Waals surface area contributed by atoms with Crippen molar-refractivity contribution >= 4 is 23.2 Å². The van der Waals surface area contributed by atoms with E-state index in [1.54, 1.807) is 18.2 Å². The molecule has 0 saturated heterocycles. The summed E-state index contributed by atoms with van der Waals surface area (Å²) in [5.74, 6) is 1.07. The Hall–Kier alpha value is -3.15. The molecule has 3 aromatic rings. The highest BCUT2D eigenvalue weighted by molar-refractivity contribution is 6.01. The first kappa shape index (κ1) is 14.4. The molecular weight excluding hydrogens is 304 g/mol. The number of nitrogens with zero attached hydrogens (tertiary/aromatic N) is 3. The van der Waals surface area contributed by atoms with Crippen LogP contribution in [0.3, 0.4) is 0 Å². The van der Waals surface area contributed by atoms with E-state index in [9.17, 15) is 4.79 Å². The van der Waals surface area contributed by atoms with Gasteiger partial charge in [0.15, 0.2) is 17.4 Å². The number of furan rings is 1. The molecule has 0 unspecified atom stereocenters. The van der Waals surface area contributed by atoms with Crippen LogP contribution in [0.2, 0.25) is 0 Å². The second kappa shape index (κ2) is 6.16. The van der Waals surface area contributed by atoms with Crippen molar-refractivity contribution in [3.05, 3.63) is 66.1 Å². The summed E-state index contributed by atoms with van der Waals surface area (Å²) < 4.78 is 5.06. The number of nitrogens with one attached hydrogen (secondary N) is 1. The molecule has 0 aliphatic carbocycles. The molecule has 1 aliphatic rings. The summed E-state index contributed by atoms with van der Waals surface area (Å²) in [4.78, 5) is 14.1. The number of carbonyl (C=O) groups is 1. The molecule has 1 amide bonds. The minimum Gasteiger partial charge on any atom is -0.459 e. The maximum absolute atomic E-state index is 11.9. The van der Waals surface area contributed by atoms with Crippen molar-refractivity contribution in [2.45, 2.75) is 12.8 Å². The summed E-state index contributed by atoms with van der Waals surface area (Å²) in [6.45, 7) is 0.907. The van der Waals surface area contributed by atoms with Crippen molar-refractivity contribution in [1.29, 1.82) is 0 Å². The van der Waals surface area contributed by atoms with E-state index in [1.807, 2.05) is 12.1 Å². The van der Waals surface area contributed by atoms with Crippen molar-refractivity contribution < 1.29 is 9.21 Å². The van der Waals surface area contributed by atoms with Gasteiger partial charge in [-0.25, -0.2) is 0 Å². The third-order valence-corrected chi connectivity index (χ3v) is 4.02. The molecule has 1 aliphatic heterocycles. The van der Waals surface area contributed by atoms with E-state index in [2.05, 4.69) is 38.6 Å². The summed E-state index contributed by atoms with van der Waals surface area (Å²) >= 11 is 0. The number of para-hydroxylation sites is 1. The van der Waals surface area contributed by atoms with Crippen LogP contribution in [0.25, 0.3) is 0 Å². The van der Waals surface area contributed by atoms with Gasteiger partial charge in [0, 0.05) is 12.2 Å². The minimum atomic E-state index is -0.342. The highest BCUT2D eigenvalue weighted by Gasteiger charge is 2.19. The average molecular weight is 320 g/mol. The fraction of sp³-hybridized carbons (Fsp3) is 0.167. The van der Waals surface area contributed by atoms with Gasteiger partial charge in [0.2, 0.25) is 0 Å². The number of fused-ring (bicyclic) bond motifs is 1. The maximum atomic E-state index is 11.9. The summed E-state index contributed by atoms with van der Waals surface area (Å²) in [5, 5.41) is 11.0. The second-order valence-electron chi connectivity index (χ2n) is 5.59. The Balaban J connectivity index is 1.54. The molecule has 0 bridgehead atoms. The number of benzene rings is 1. The van der Waals surface area contributed by atoms with Gasteiger partial charge in [-0.3, -0.25) is 4.79 Å². The van der Waals surface area contributed by atoms with Crippen molar-refractivity contribution in [2.75, 3.05) is 16.8 Å². The number of anilines is 3. The van der Waals surface area contributed by atoms with Gasteiger partial charge in [0.1, 0.15) is 0 Å². The van der Waals surface area contributed by atoms with E-state index in [-0.39, 0.29) is 11.7 Å². The molecule has 0 fully saturated rings. The van der Waals surface area contributed by atoms with Gasteiger partial charge in [-0.05, 0) is 48.7 Å². The smallest absolute Gasteiger partial charge is 0.292 e. The monoisotopic (exact) mass is 320 g/mol. The van der Waals surface area contributed by atoms with E-state index in [1.165, 1.54) is 17.5 Å². The van der Waals surface area contributed by atoms with Crippen LogP contribution in [-0.2, 0) is 6.42 Å². The number of rotatable bonds is 3. The van der Waals surface area contributed by atoms with E-state index in [0.717, 1.165) is 25.2 Å². The summed E-state index contributed by atoms with van der Waals surface area (Å²) in [6.07, 6.45) is 3.62. The minimum absolute atomic E-state index is 0.242. The summed E-state index contributed by atoms with van der Waals surface area (Å²) in [5.41, 5.74) is 2.49. The highest BCUT2D eigenvalue weighted by atomic mass is 16.3. The zero-order valence-corrected chi connectivity index (χ0v) is 13.0. The quantitative estimate of drug-likeness (QED) is 0.801. The first-order chi connectivity index (χ1) is 11.8. The number of amides is 1. The van der Waals surface area contributed by atoms with Gasteiger partial charge >= 0.3 is 0 Å². The topological polar surface area (TPSA) is 71.3 Å². The first-order valence-electron chi connectivity index (χ1n) is 7.85. The third-order valence-electron chi connectivity index (χ3n) is 4.02. The molecule has 3 heterocycles. The molecule has 0 spiro atoms. The van der Waals surface area contributed by atoms with Gasteiger partial charge in [0.25, 0.3) is 5.91 Å². The van der Waals surface area contributed by atoms with Crippen LogP contribution in [0.5, 0.6) is 0 Å². The average Bonchev–Trinajstić information content (AvgIpc) is 3.17. The molecule has 6 nitrogen and oxygen atoms in total. The lowest BCUT2D eigenvalue weighted by atomic mass is 10.0. The van der Waals surface area contributed by atoms with Crippen molar-refractivity contribution in [1.82, 2.24) is 10.2 Å². The Kier molecular flexibility index (Phi) is 3.70. The van der Waals surface area contributed by atoms with Gasteiger partial charge in [-0.2, -0.15) is 0 Å². The molecule has 1 N–H and O–H groups in total. The van der Waals surface area contributed by atoms with Crippen molar-refractivity contribution in [3.8, 4) is 0 Å². The maximum Gasteiger partial charge on any atom is 0.292 e. The molecule has 24 heavy (non-hydrogen) atoms. The fourth-order valence-electron chi connectivity index (χ4n) is 2.89. The lowest BCUT2D eigenvalue weighted by Gasteiger charge is -2.29. The predicted molar refractivity (Wildman–Crippen MR) is 90.5 cm³/mol. The zero-order valence-electron chi connectivity index (χ0n) is 13.0. The molecule has 120 valence electrons. The molecule has 6 heteroatoms. The molecule has 4 rings (SSSR count). The van der Waals surface area contributed by atoms with Crippen LogP contribution in [0, 0.1) is 0 Å². The summed E-state index contributed by atoms with van der Waals surface area (Å²) in [6, 6.07) is 15.2. The third kappa shape index (κ3) is 2.74.